The zero-order valence-corrected chi connectivity index (χ0v) is 7.71. The van der Waals surface area contributed by atoms with Crippen LogP contribution in [0.25, 0.3) is 6.08 Å². The predicted octanol–water partition coefficient (Wildman–Crippen LogP) is 0.482. The number of hydrazine groups is 1. The van der Waals surface area contributed by atoms with Gasteiger partial charge < -0.3 is 0 Å². The van der Waals surface area contributed by atoms with Gasteiger partial charge in [-0.25, -0.2) is 8.42 Å². The molecule has 0 aliphatic carbocycles. The van der Waals surface area contributed by atoms with Gasteiger partial charge in [-0.05, 0) is 11.6 Å². The average Bonchev–Trinajstić information content (AvgIpc) is 2.18. The second-order valence-corrected chi connectivity index (χ2v) is 4.05. The van der Waals surface area contributed by atoms with Gasteiger partial charge in [-0.1, -0.05) is 30.9 Å². The van der Waals surface area contributed by atoms with Gasteiger partial charge in [0.2, 0.25) is 0 Å². The predicted molar refractivity (Wildman–Crippen MR) is 51.0 cm³/mol. The third-order valence-corrected chi connectivity index (χ3v) is 2.84. The Bertz CT molecular complexity index is 412. The third kappa shape index (κ3) is 1.95. The molecule has 0 spiro atoms. The van der Waals surface area contributed by atoms with Gasteiger partial charge in [0.05, 0.1) is 4.90 Å². The van der Waals surface area contributed by atoms with Crippen molar-refractivity contribution in [2.75, 3.05) is 0 Å². The Morgan fingerprint density at radius 2 is 2.00 bits per heavy atom. The van der Waals surface area contributed by atoms with E-state index in [-0.39, 0.29) is 4.90 Å². The number of hydrogen-bond donors (Lipinski definition) is 2. The molecule has 0 aromatic heterocycles. The smallest absolute Gasteiger partial charge is 0.253 e. The molecule has 0 heterocycles. The van der Waals surface area contributed by atoms with Crippen LogP contribution in [0.5, 0.6) is 0 Å². The van der Waals surface area contributed by atoms with E-state index in [1.807, 2.05) is 0 Å². The molecule has 4 nitrogen and oxygen atoms in total. The summed E-state index contributed by atoms with van der Waals surface area (Å²) in [5.41, 5.74) is 0.528. The summed E-state index contributed by atoms with van der Waals surface area (Å²) in [6.45, 7) is 3.51. The van der Waals surface area contributed by atoms with E-state index in [1.165, 1.54) is 12.1 Å². The molecule has 1 aromatic carbocycles. The van der Waals surface area contributed by atoms with Gasteiger partial charge in [-0.15, -0.1) is 0 Å². The van der Waals surface area contributed by atoms with Crippen molar-refractivity contribution in [1.82, 2.24) is 4.83 Å². The summed E-state index contributed by atoms with van der Waals surface area (Å²) in [5.74, 6) is 4.89. The standard InChI is InChI=1S/C8H10N2O2S/c1-2-7-5-3-4-6-8(7)13(11,12)10-9/h2-6,10H,1,9H2. The highest BCUT2D eigenvalue weighted by Crippen LogP contribution is 2.14. The first-order chi connectivity index (χ1) is 6.11. The van der Waals surface area contributed by atoms with Crippen LogP contribution in [0.3, 0.4) is 0 Å². The molecule has 5 heteroatoms. The highest BCUT2D eigenvalue weighted by molar-refractivity contribution is 7.89. The summed E-state index contributed by atoms with van der Waals surface area (Å²) in [6.07, 6.45) is 1.46. The Morgan fingerprint density at radius 3 is 2.54 bits per heavy atom. The molecule has 0 saturated carbocycles. The van der Waals surface area contributed by atoms with Crippen molar-refractivity contribution in [2.24, 2.45) is 5.84 Å². The van der Waals surface area contributed by atoms with Crippen molar-refractivity contribution in [3.63, 3.8) is 0 Å². The fourth-order valence-corrected chi connectivity index (χ4v) is 1.80. The van der Waals surface area contributed by atoms with Crippen LogP contribution in [0.4, 0.5) is 0 Å². The van der Waals surface area contributed by atoms with E-state index in [0.29, 0.717) is 5.56 Å². The van der Waals surface area contributed by atoms with Crippen molar-refractivity contribution in [3.05, 3.63) is 36.4 Å². The quantitative estimate of drug-likeness (QED) is 0.548. The van der Waals surface area contributed by atoms with E-state index < -0.39 is 10.0 Å². The van der Waals surface area contributed by atoms with E-state index in [1.54, 1.807) is 23.0 Å². The maximum absolute atomic E-state index is 11.3. The molecule has 0 aliphatic rings. The van der Waals surface area contributed by atoms with Crippen LogP contribution in [0, 0.1) is 0 Å². The number of rotatable bonds is 3. The first kappa shape index (κ1) is 9.91. The molecule has 0 radical (unpaired) electrons. The molecule has 70 valence electrons. The van der Waals surface area contributed by atoms with Crippen molar-refractivity contribution in [3.8, 4) is 0 Å². The van der Waals surface area contributed by atoms with Gasteiger partial charge in [-0.2, -0.15) is 4.83 Å². The SMILES string of the molecule is C=Cc1ccccc1S(=O)(=O)NN. The summed E-state index contributed by atoms with van der Waals surface area (Å²) in [7, 11) is -3.58. The summed E-state index contributed by atoms with van der Waals surface area (Å²) in [6, 6.07) is 6.47. The Balaban J connectivity index is 3.37. The second kappa shape index (κ2) is 3.69. The number of nitrogens with two attached hydrogens (primary N) is 1. The minimum Gasteiger partial charge on any atom is -0.257 e. The first-order valence-electron chi connectivity index (χ1n) is 3.55. The zero-order valence-electron chi connectivity index (χ0n) is 6.90. The molecule has 0 bridgehead atoms. The molecule has 0 aliphatic heterocycles. The molecule has 0 amide bonds. The lowest BCUT2D eigenvalue weighted by Gasteiger charge is -2.04. The minimum absolute atomic E-state index is 0.132. The maximum Gasteiger partial charge on any atom is 0.253 e. The Kier molecular flexibility index (Phi) is 2.82. The van der Waals surface area contributed by atoms with Crippen LogP contribution in [-0.2, 0) is 10.0 Å². The molecule has 13 heavy (non-hydrogen) atoms. The van der Waals surface area contributed by atoms with Gasteiger partial charge in [0.25, 0.3) is 10.0 Å². The first-order valence-corrected chi connectivity index (χ1v) is 5.04. The van der Waals surface area contributed by atoms with Crippen molar-refractivity contribution in [2.45, 2.75) is 4.90 Å². The summed E-state index contributed by atoms with van der Waals surface area (Å²) in [5, 5.41) is 0. The lowest BCUT2D eigenvalue weighted by atomic mass is 10.2. The molecule has 0 fully saturated rings. The van der Waals surface area contributed by atoms with E-state index in [9.17, 15) is 8.42 Å². The Hall–Kier alpha value is -1.17. The van der Waals surface area contributed by atoms with Crippen LogP contribution >= 0.6 is 0 Å². The fraction of sp³-hybridized carbons (Fsp3) is 0. The molecule has 0 atom stereocenters. The van der Waals surface area contributed by atoms with Gasteiger partial charge in [-0.3, -0.25) is 5.84 Å². The van der Waals surface area contributed by atoms with Crippen LogP contribution in [-0.4, -0.2) is 8.42 Å². The van der Waals surface area contributed by atoms with E-state index in [0.717, 1.165) is 0 Å². The van der Waals surface area contributed by atoms with Crippen molar-refractivity contribution in [1.29, 1.82) is 0 Å². The van der Waals surface area contributed by atoms with E-state index >= 15 is 0 Å². The van der Waals surface area contributed by atoms with Crippen molar-refractivity contribution >= 4 is 16.1 Å². The molecule has 0 saturated heterocycles. The average molecular weight is 198 g/mol. The summed E-state index contributed by atoms with van der Waals surface area (Å²) < 4.78 is 22.6. The van der Waals surface area contributed by atoms with E-state index in [4.69, 9.17) is 5.84 Å². The molecule has 1 aromatic rings. The van der Waals surface area contributed by atoms with Gasteiger partial charge in [0.15, 0.2) is 0 Å². The monoisotopic (exact) mass is 198 g/mol. The largest absolute Gasteiger partial charge is 0.257 e. The second-order valence-electron chi connectivity index (χ2n) is 2.36. The molecule has 3 N–H and O–H groups in total. The summed E-state index contributed by atoms with van der Waals surface area (Å²) in [4.78, 5) is 1.89. The number of benzene rings is 1. The third-order valence-electron chi connectivity index (χ3n) is 1.58. The van der Waals surface area contributed by atoms with Gasteiger partial charge in [0, 0.05) is 0 Å². The Labute approximate surface area is 77.1 Å². The number of sulfonamides is 1. The lowest BCUT2D eigenvalue weighted by Crippen LogP contribution is -2.30. The molecule has 1 rings (SSSR count). The van der Waals surface area contributed by atoms with Crippen LogP contribution in [0.15, 0.2) is 35.7 Å². The Morgan fingerprint density at radius 1 is 1.38 bits per heavy atom. The molecule has 0 unspecified atom stereocenters. The van der Waals surface area contributed by atoms with Gasteiger partial charge in [0.1, 0.15) is 0 Å². The molecular weight excluding hydrogens is 188 g/mol. The van der Waals surface area contributed by atoms with Gasteiger partial charge >= 0.3 is 0 Å². The summed E-state index contributed by atoms with van der Waals surface area (Å²) >= 11 is 0. The zero-order chi connectivity index (χ0) is 9.90. The highest BCUT2D eigenvalue weighted by atomic mass is 32.2. The normalized spacial score (nSPS) is 11.2. The minimum atomic E-state index is -3.58. The highest BCUT2D eigenvalue weighted by Gasteiger charge is 2.13. The fourth-order valence-electron chi connectivity index (χ4n) is 0.957. The van der Waals surface area contributed by atoms with Crippen LogP contribution in [0.2, 0.25) is 0 Å². The van der Waals surface area contributed by atoms with E-state index in [2.05, 4.69) is 6.58 Å². The molecular formula is C8H10N2O2S. The topological polar surface area (TPSA) is 72.2 Å². The number of hydrogen-bond acceptors (Lipinski definition) is 3. The lowest BCUT2D eigenvalue weighted by molar-refractivity contribution is 0.584. The van der Waals surface area contributed by atoms with Crippen molar-refractivity contribution < 1.29 is 8.42 Å². The van der Waals surface area contributed by atoms with Crippen LogP contribution < -0.4 is 10.7 Å². The number of nitrogens with one attached hydrogen (secondary N) is 1. The maximum atomic E-state index is 11.3. The van der Waals surface area contributed by atoms with Crippen LogP contribution in [0.1, 0.15) is 5.56 Å².